The molecule has 0 N–H and O–H groups in total. The standard InChI is InChI=1S/C24H28O5/c1-4-24(17-25-15-18-11-7-5-8-12-18)21(26-16-19-13-9-6-10-14-19)20-22(29-24)28-23(2,3)27-20/h4-14,20-22H,1,15-17H2,2-3H3. The van der Waals surface area contributed by atoms with Crippen LogP contribution in [-0.2, 0) is 36.9 Å². The molecular formula is C24H28O5. The van der Waals surface area contributed by atoms with Crippen molar-refractivity contribution < 1.29 is 23.7 Å². The van der Waals surface area contributed by atoms with E-state index in [0.29, 0.717) is 19.8 Å². The molecule has 2 fully saturated rings. The van der Waals surface area contributed by atoms with Crippen molar-refractivity contribution in [3.05, 3.63) is 84.4 Å². The number of fused-ring (bicyclic) bond motifs is 1. The van der Waals surface area contributed by atoms with Gasteiger partial charge in [-0.25, -0.2) is 0 Å². The van der Waals surface area contributed by atoms with Crippen LogP contribution >= 0.6 is 0 Å². The van der Waals surface area contributed by atoms with Gasteiger partial charge < -0.3 is 23.7 Å². The first-order valence-electron chi connectivity index (χ1n) is 9.96. The summed E-state index contributed by atoms with van der Waals surface area (Å²) in [7, 11) is 0. The highest BCUT2D eigenvalue weighted by Crippen LogP contribution is 2.44. The Morgan fingerprint density at radius 2 is 1.52 bits per heavy atom. The lowest BCUT2D eigenvalue weighted by Gasteiger charge is -2.34. The Kier molecular flexibility index (Phi) is 5.86. The molecular weight excluding hydrogens is 368 g/mol. The lowest BCUT2D eigenvalue weighted by atomic mass is 9.95. The van der Waals surface area contributed by atoms with Crippen LogP contribution in [0.5, 0.6) is 0 Å². The van der Waals surface area contributed by atoms with Crippen LogP contribution in [0.15, 0.2) is 73.3 Å². The number of hydrogen-bond acceptors (Lipinski definition) is 5. The molecule has 4 rings (SSSR count). The van der Waals surface area contributed by atoms with Crippen LogP contribution in [0, 0.1) is 0 Å². The van der Waals surface area contributed by atoms with Gasteiger partial charge in [-0.05, 0) is 25.0 Å². The summed E-state index contributed by atoms with van der Waals surface area (Å²) in [5.41, 5.74) is 1.33. The van der Waals surface area contributed by atoms with Crippen LogP contribution in [0.25, 0.3) is 0 Å². The van der Waals surface area contributed by atoms with E-state index in [1.54, 1.807) is 6.08 Å². The minimum atomic E-state index is -0.852. The molecule has 0 saturated carbocycles. The van der Waals surface area contributed by atoms with Crippen molar-refractivity contribution in [2.24, 2.45) is 0 Å². The molecule has 5 heteroatoms. The molecule has 0 amide bonds. The van der Waals surface area contributed by atoms with Gasteiger partial charge in [-0.1, -0.05) is 66.7 Å². The molecule has 2 aromatic rings. The van der Waals surface area contributed by atoms with Gasteiger partial charge in [0.2, 0.25) is 0 Å². The summed E-state index contributed by atoms with van der Waals surface area (Å²) in [4.78, 5) is 0. The number of benzene rings is 2. The van der Waals surface area contributed by atoms with Gasteiger partial charge >= 0.3 is 0 Å². The van der Waals surface area contributed by atoms with Crippen molar-refractivity contribution in [3.63, 3.8) is 0 Å². The number of hydrogen-bond donors (Lipinski definition) is 0. The molecule has 0 spiro atoms. The lowest BCUT2D eigenvalue weighted by molar-refractivity contribution is -0.243. The smallest absolute Gasteiger partial charge is 0.191 e. The van der Waals surface area contributed by atoms with E-state index < -0.39 is 23.8 Å². The molecule has 2 aliphatic heterocycles. The molecule has 0 aliphatic carbocycles. The maximum absolute atomic E-state index is 6.32. The molecule has 2 heterocycles. The first-order valence-corrected chi connectivity index (χ1v) is 9.96. The Morgan fingerprint density at radius 1 is 0.897 bits per heavy atom. The molecule has 4 unspecified atom stereocenters. The summed E-state index contributed by atoms with van der Waals surface area (Å²) < 4.78 is 30.7. The molecule has 154 valence electrons. The maximum atomic E-state index is 6.32. The van der Waals surface area contributed by atoms with E-state index in [-0.39, 0.29) is 6.10 Å². The Morgan fingerprint density at radius 3 is 2.14 bits per heavy atom. The van der Waals surface area contributed by atoms with Crippen molar-refractivity contribution in [2.45, 2.75) is 56.9 Å². The van der Waals surface area contributed by atoms with Crippen molar-refractivity contribution >= 4 is 0 Å². The van der Waals surface area contributed by atoms with Crippen LogP contribution < -0.4 is 0 Å². The number of ether oxygens (including phenoxy) is 5. The van der Waals surface area contributed by atoms with Gasteiger partial charge in [-0.15, -0.1) is 6.58 Å². The fourth-order valence-corrected chi connectivity index (χ4v) is 3.85. The summed E-state index contributed by atoms with van der Waals surface area (Å²) in [5.74, 6) is -0.720. The molecule has 5 nitrogen and oxygen atoms in total. The van der Waals surface area contributed by atoms with Gasteiger partial charge in [0, 0.05) is 0 Å². The van der Waals surface area contributed by atoms with Gasteiger partial charge in [0.15, 0.2) is 12.1 Å². The Balaban J connectivity index is 1.49. The zero-order valence-electron chi connectivity index (χ0n) is 17.0. The molecule has 0 aromatic heterocycles. The predicted octanol–water partition coefficient (Wildman–Crippen LogP) is 4.22. The van der Waals surface area contributed by atoms with Gasteiger partial charge in [0.25, 0.3) is 0 Å². The molecule has 2 aliphatic rings. The molecule has 0 radical (unpaired) electrons. The van der Waals surface area contributed by atoms with E-state index in [1.807, 2.05) is 74.5 Å². The second-order valence-electron chi connectivity index (χ2n) is 7.94. The quantitative estimate of drug-likeness (QED) is 0.625. The molecule has 0 bridgehead atoms. The second kappa shape index (κ2) is 8.38. The van der Waals surface area contributed by atoms with Crippen LogP contribution in [0.1, 0.15) is 25.0 Å². The third kappa shape index (κ3) is 4.44. The highest BCUT2D eigenvalue weighted by molar-refractivity contribution is 5.17. The molecule has 29 heavy (non-hydrogen) atoms. The minimum Gasteiger partial charge on any atom is -0.373 e. The first-order chi connectivity index (χ1) is 14.0. The maximum Gasteiger partial charge on any atom is 0.191 e. The highest BCUT2D eigenvalue weighted by atomic mass is 16.8. The number of rotatable bonds is 8. The SMILES string of the molecule is C=CC1(COCc2ccccc2)OC2OC(C)(C)OC2C1OCc1ccccc1. The normalized spacial score (nSPS) is 30.2. The van der Waals surface area contributed by atoms with Gasteiger partial charge in [0.05, 0.1) is 19.8 Å². The van der Waals surface area contributed by atoms with Gasteiger partial charge in [-0.3, -0.25) is 0 Å². The highest BCUT2D eigenvalue weighted by Gasteiger charge is 2.61. The summed E-state index contributed by atoms with van der Waals surface area (Å²) in [6.07, 6.45) is 0.477. The van der Waals surface area contributed by atoms with Crippen molar-refractivity contribution in [2.75, 3.05) is 6.61 Å². The second-order valence-corrected chi connectivity index (χ2v) is 7.94. The van der Waals surface area contributed by atoms with Crippen LogP contribution in [0.2, 0.25) is 0 Å². The average molecular weight is 396 g/mol. The molecule has 2 aromatic carbocycles. The van der Waals surface area contributed by atoms with E-state index in [9.17, 15) is 0 Å². The average Bonchev–Trinajstić information content (AvgIpc) is 3.17. The summed E-state index contributed by atoms with van der Waals surface area (Å²) >= 11 is 0. The van der Waals surface area contributed by atoms with E-state index in [4.69, 9.17) is 23.7 Å². The molecule has 4 atom stereocenters. The zero-order chi connectivity index (χ0) is 20.3. The third-order valence-corrected chi connectivity index (χ3v) is 5.26. The van der Waals surface area contributed by atoms with Crippen molar-refractivity contribution in [1.29, 1.82) is 0 Å². The Bertz CT molecular complexity index is 807. The third-order valence-electron chi connectivity index (χ3n) is 5.26. The van der Waals surface area contributed by atoms with Crippen molar-refractivity contribution in [3.8, 4) is 0 Å². The molecule has 2 saturated heterocycles. The van der Waals surface area contributed by atoms with Crippen LogP contribution in [0.4, 0.5) is 0 Å². The van der Waals surface area contributed by atoms with E-state index in [0.717, 1.165) is 11.1 Å². The topological polar surface area (TPSA) is 46.2 Å². The zero-order valence-corrected chi connectivity index (χ0v) is 17.0. The first kappa shape index (κ1) is 20.3. The predicted molar refractivity (Wildman–Crippen MR) is 109 cm³/mol. The Labute approximate surface area is 172 Å². The fourth-order valence-electron chi connectivity index (χ4n) is 3.85. The minimum absolute atomic E-state index is 0.297. The Hall–Kier alpha value is -2.02. The van der Waals surface area contributed by atoms with E-state index in [2.05, 4.69) is 6.58 Å². The van der Waals surface area contributed by atoms with E-state index in [1.165, 1.54) is 0 Å². The largest absolute Gasteiger partial charge is 0.373 e. The fraction of sp³-hybridized carbons (Fsp3) is 0.417. The summed E-state index contributed by atoms with van der Waals surface area (Å²) in [5, 5.41) is 0. The van der Waals surface area contributed by atoms with Crippen molar-refractivity contribution in [1.82, 2.24) is 0 Å². The summed E-state index contributed by atoms with van der Waals surface area (Å²) in [6.45, 7) is 8.99. The lowest BCUT2D eigenvalue weighted by Crippen LogP contribution is -2.48. The monoisotopic (exact) mass is 396 g/mol. The van der Waals surface area contributed by atoms with Crippen LogP contribution in [0.3, 0.4) is 0 Å². The van der Waals surface area contributed by atoms with Gasteiger partial charge in [0.1, 0.15) is 17.8 Å². The van der Waals surface area contributed by atoms with Gasteiger partial charge in [-0.2, -0.15) is 0 Å². The van der Waals surface area contributed by atoms with Crippen LogP contribution in [-0.4, -0.2) is 36.5 Å². The summed E-state index contributed by atoms with van der Waals surface area (Å²) in [6, 6.07) is 20.1. The van der Waals surface area contributed by atoms with E-state index >= 15 is 0 Å².